The summed E-state index contributed by atoms with van der Waals surface area (Å²) in [4.78, 5) is 23.8. The molecule has 1 aromatic rings. The van der Waals surface area contributed by atoms with Gasteiger partial charge in [0.2, 0.25) is 6.10 Å². The number of esters is 1. The molecule has 1 amide bonds. The molecule has 0 aliphatic carbocycles. The summed E-state index contributed by atoms with van der Waals surface area (Å²) in [6.45, 7) is 8.69. The van der Waals surface area contributed by atoms with Crippen molar-refractivity contribution in [3.63, 3.8) is 0 Å². The van der Waals surface area contributed by atoms with Crippen LogP contribution in [0.1, 0.15) is 34.6 Å². The van der Waals surface area contributed by atoms with Crippen molar-refractivity contribution >= 4 is 29.4 Å². The number of ether oxygens (including phenoxy) is 3. The van der Waals surface area contributed by atoms with E-state index in [-0.39, 0.29) is 16.5 Å². The maximum absolute atomic E-state index is 14.1. The van der Waals surface area contributed by atoms with Crippen LogP contribution >= 0.6 is 11.6 Å². The number of allylic oxidation sites excluding steroid dienone is 1. The normalized spacial score (nSPS) is 13.0. The smallest absolute Gasteiger partial charge is 0.412 e. The van der Waals surface area contributed by atoms with Crippen LogP contribution in [0, 0.1) is 5.82 Å². The van der Waals surface area contributed by atoms with Crippen LogP contribution in [0.25, 0.3) is 0 Å². The van der Waals surface area contributed by atoms with Crippen LogP contribution in [-0.4, -0.2) is 30.9 Å². The molecule has 8 heteroatoms. The van der Waals surface area contributed by atoms with E-state index in [1.807, 2.05) is 0 Å². The summed E-state index contributed by atoms with van der Waals surface area (Å²) in [5.41, 5.74) is -0.293. The predicted molar refractivity (Wildman–Crippen MR) is 97.1 cm³/mol. The van der Waals surface area contributed by atoms with Gasteiger partial charge in [0, 0.05) is 6.07 Å². The van der Waals surface area contributed by atoms with Gasteiger partial charge in [-0.1, -0.05) is 17.7 Å². The SMILES string of the molecule is CC=C(C)C(OC(=O)Nc1cc(OC(C)(C)C)c(Cl)cc1F)C(=O)OC. The average Bonchev–Trinajstić information content (AvgIpc) is 2.54. The Morgan fingerprint density at radius 2 is 1.92 bits per heavy atom. The Morgan fingerprint density at radius 1 is 1.31 bits per heavy atom. The summed E-state index contributed by atoms with van der Waals surface area (Å²) in [7, 11) is 1.18. The van der Waals surface area contributed by atoms with Crippen molar-refractivity contribution in [1.82, 2.24) is 0 Å². The van der Waals surface area contributed by atoms with E-state index in [9.17, 15) is 14.0 Å². The predicted octanol–water partition coefficient (Wildman–Crippen LogP) is 4.71. The lowest BCUT2D eigenvalue weighted by Gasteiger charge is -2.23. The van der Waals surface area contributed by atoms with E-state index in [1.165, 1.54) is 13.2 Å². The minimum Gasteiger partial charge on any atom is -0.487 e. The monoisotopic (exact) mass is 387 g/mol. The van der Waals surface area contributed by atoms with Crippen molar-refractivity contribution in [1.29, 1.82) is 0 Å². The van der Waals surface area contributed by atoms with Crippen LogP contribution in [0.4, 0.5) is 14.9 Å². The summed E-state index contributed by atoms with van der Waals surface area (Å²) in [6, 6.07) is 2.27. The molecule has 1 rings (SSSR count). The molecule has 0 bridgehead atoms. The van der Waals surface area contributed by atoms with Crippen LogP contribution < -0.4 is 10.1 Å². The van der Waals surface area contributed by atoms with Gasteiger partial charge in [0.15, 0.2) is 0 Å². The molecule has 1 aromatic carbocycles. The van der Waals surface area contributed by atoms with Crippen LogP contribution in [0.2, 0.25) is 5.02 Å². The van der Waals surface area contributed by atoms with E-state index in [4.69, 9.17) is 21.1 Å². The Balaban J connectivity index is 3.01. The Morgan fingerprint density at radius 3 is 2.42 bits per heavy atom. The van der Waals surface area contributed by atoms with Gasteiger partial charge in [-0.25, -0.2) is 14.0 Å². The maximum Gasteiger partial charge on any atom is 0.412 e. The average molecular weight is 388 g/mol. The van der Waals surface area contributed by atoms with E-state index < -0.39 is 29.6 Å². The second-order valence-electron chi connectivity index (χ2n) is 6.44. The Kier molecular flexibility index (Phi) is 7.44. The Labute approximate surface area is 157 Å². The lowest BCUT2D eigenvalue weighted by molar-refractivity contribution is -0.148. The highest BCUT2D eigenvalue weighted by Gasteiger charge is 2.26. The molecule has 0 aliphatic heterocycles. The Hall–Kier alpha value is -2.28. The first-order valence-corrected chi connectivity index (χ1v) is 8.22. The quantitative estimate of drug-likeness (QED) is 0.584. The topological polar surface area (TPSA) is 73.9 Å². The molecule has 144 valence electrons. The number of carbonyl (C=O) groups excluding carboxylic acids is 2. The number of halogens is 2. The molecule has 1 N–H and O–H groups in total. The molecule has 0 saturated carbocycles. The van der Waals surface area contributed by atoms with E-state index >= 15 is 0 Å². The van der Waals surface area contributed by atoms with Crippen molar-refractivity contribution in [3.8, 4) is 5.75 Å². The van der Waals surface area contributed by atoms with Crippen molar-refractivity contribution < 1.29 is 28.2 Å². The first-order chi connectivity index (χ1) is 12.0. The highest BCUT2D eigenvalue weighted by molar-refractivity contribution is 6.32. The second-order valence-corrected chi connectivity index (χ2v) is 6.85. The van der Waals surface area contributed by atoms with Gasteiger partial charge >= 0.3 is 12.1 Å². The fourth-order valence-corrected chi connectivity index (χ4v) is 2.05. The summed E-state index contributed by atoms with van der Waals surface area (Å²) in [5.74, 6) is -1.32. The maximum atomic E-state index is 14.1. The molecule has 0 radical (unpaired) electrons. The van der Waals surface area contributed by atoms with Crippen molar-refractivity contribution in [3.05, 3.63) is 34.6 Å². The third-order valence-corrected chi connectivity index (χ3v) is 3.48. The first-order valence-electron chi connectivity index (χ1n) is 7.84. The molecule has 0 aliphatic rings. The van der Waals surface area contributed by atoms with Gasteiger partial charge in [0.25, 0.3) is 0 Å². The number of rotatable bonds is 5. The van der Waals surface area contributed by atoms with E-state index in [0.29, 0.717) is 5.57 Å². The number of anilines is 1. The van der Waals surface area contributed by atoms with E-state index in [0.717, 1.165) is 6.07 Å². The zero-order chi connectivity index (χ0) is 20.1. The Bertz CT molecular complexity index is 712. The third kappa shape index (κ3) is 6.22. The molecule has 0 fully saturated rings. The van der Waals surface area contributed by atoms with E-state index in [2.05, 4.69) is 10.1 Å². The molecule has 6 nitrogen and oxygen atoms in total. The summed E-state index contributed by atoms with van der Waals surface area (Å²) in [5, 5.41) is 2.31. The second kappa shape index (κ2) is 8.89. The fourth-order valence-electron chi connectivity index (χ4n) is 1.86. The van der Waals surface area contributed by atoms with Crippen LogP contribution in [0.3, 0.4) is 0 Å². The van der Waals surface area contributed by atoms with Crippen LogP contribution in [0.5, 0.6) is 5.75 Å². The summed E-state index contributed by atoms with van der Waals surface area (Å²) < 4.78 is 29.4. The van der Waals surface area contributed by atoms with Gasteiger partial charge in [0.1, 0.15) is 17.2 Å². The number of hydrogen-bond donors (Lipinski definition) is 1. The number of methoxy groups -OCH3 is 1. The van der Waals surface area contributed by atoms with Crippen LogP contribution in [0.15, 0.2) is 23.8 Å². The summed E-state index contributed by atoms with van der Waals surface area (Å²) >= 11 is 5.97. The minimum atomic E-state index is -1.23. The molecular formula is C18H23ClFNO5. The fraction of sp³-hybridized carbons (Fsp3) is 0.444. The van der Waals surface area contributed by atoms with Gasteiger partial charge < -0.3 is 14.2 Å². The number of amides is 1. The lowest BCUT2D eigenvalue weighted by Crippen LogP contribution is -2.31. The molecule has 0 saturated heterocycles. The van der Waals surface area contributed by atoms with Crippen molar-refractivity contribution in [2.24, 2.45) is 0 Å². The van der Waals surface area contributed by atoms with Gasteiger partial charge in [-0.15, -0.1) is 0 Å². The molecule has 1 atom stereocenters. The zero-order valence-corrected chi connectivity index (χ0v) is 16.4. The molecule has 0 aromatic heterocycles. The third-order valence-electron chi connectivity index (χ3n) is 3.18. The molecule has 0 heterocycles. The zero-order valence-electron chi connectivity index (χ0n) is 15.6. The molecular weight excluding hydrogens is 365 g/mol. The highest BCUT2D eigenvalue weighted by Crippen LogP contribution is 2.33. The standard InChI is InChI=1S/C18H23ClFNO5/c1-7-10(2)15(16(22)24-6)25-17(23)21-13-9-14(26-18(3,4)5)11(19)8-12(13)20/h7-9,15H,1-6H3,(H,21,23). The largest absolute Gasteiger partial charge is 0.487 e. The van der Waals surface area contributed by atoms with Gasteiger partial charge in [-0.2, -0.15) is 0 Å². The molecule has 26 heavy (non-hydrogen) atoms. The number of hydrogen-bond acceptors (Lipinski definition) is 5. The lowest BCUT2D eigenvalue weighted by atomic mass is 10.1. The number of benzene rings is 1. The van der Waals surface area contributed by atoms with Crippen molar-refractivity contribution in [2.45, 2.75) is 46.3 Å². The molecule has 0 spiro atoms. The summed E-state index contributed by atoms with van der Waals surface area (Å²) in [6.07, 6.45) is -0.650. The molecule has 1 unspecified atom stereocenters. The van der Waals surface area contributed by atoms with E-state index in [1.54, 1.807) is 40.7 Å². The van der Waals surface area contributed by atoms with Crippen molar-refractivity contribution in [2.75, 3.05) is 12.4 Å². The first kappa shape index (κ1) is 21.8. The van der Waals surface area contributed by atoms with Gasteiger partial charge in [0.05, 0.1) is 17.8 Å². The van der Waals surface area contributed by atoms with Crippen LogP contribution in [-0.2, 0) is 14.3 Å². The number of nitrogens with one attached hydrogen (secondary N) is 1. The number of carbonyl (C=O) groups is 2. The highest BCUT2D eigenvalue weighted by atomic mass is 35.5. The van der Waals surface area contributed by atoms with Gasteiger partial charge in [-0.05, 0) is 46.3 Å². The minimum absolute atomic E-state index is 0.0635. The van der Waals surface area contributed by atoms with Gasteiger partial charge in [-0.3, -0.25) is 5.32 Å².